The molecule has 0 spiro atoms. The van der Waals surface area contributed by atoms with Crippen molar-refractivity contribution in [2.24, 2.45) is 0 Å². The molecule has 124 valence electrons. The monoisotopic (exact) mass is 318 g/mol. The highest BCUT2D eigenvalue weighted by Gasteiger charge is 2.15. The number of nitrogens with zero attached hydrogens (tertiary/aromatic N) is 2. The minimum atomic E-state index is -0.260. The Labute approximate surface area is 135 Å². The van der Waals surface area contributed by atoms with E-state index in [1.54, 1.807) is 22.9 Å². The summed E-state index contributed by atoms with van der Waals surface area (Å²) in [5.74, 6) is -0.260. The fourth-order valence-electron chi connectivity index (χ4n) is 2.30. The summed E-state index contributed by atoms with van der Waals surface area (Å²) >= 11 is 0. The van der Waals surface area contributed by atoms with Crippen LogP contribution < -0.4 is 10.6 Å². The molecular weight excluding hydrogens is 295 g/mol. The number of carbonyl (C=O) groups excluding carboxylic acids is 1. The molecule has 2 aromatic rings. The Hall–Kier alpha value is -2.37. The second-order valence-corrected chi connectivity index (χ2v) is 5.70. The highest BCUT2D eigenvalue weighted by Crippen LogP contribution is 2.21. The smallest absolute Gasteiger partial charge is 0.319 e. The molecule has 0 radical (unpaired) electrons. The van der Waals surface area contributed by atoms with E-state index in [-0.39, 0.29) is 17.9 Å². The maximum absolute atomic E-state index is 13.8. The van der Waals surface area contributed by atoms with E-state index < -0.39 is 0 Å². The van der Waals surface area contributed by atoms with E-state index >= 15 is 0 Å². The predicted molar refractivity (Wildman–Crippen MR) is 89.1 cm³/mol. The molecule has 0 aliphatic carbocycles. The van der Waals surface area contributed by atoms with Gasteiger partial charge in [-0.15, -0.1) is 0 Å². The minimum absolute atomic E-state index is 0.101. The lowest BCUT2D eigenvalue weighted by Gasteiger charge is -2.13. The quantitative estimate of drug-likeness (QED) is 0.885. The Morgan fingerprint density at radius 3 is 2.70 bits per heavy atom. The average molecular weight is 318 g/mol. The number of nitrogens with one attached hydrogen (secondary N) is 2. The van der Waals surface area contributed by atoms with Crippen LogP contribution in [0, 0.1) is 19.7 Å². The molecule has 2 amide bonds. The number of hydrogen-bond acceptors (Lipinski definition) is 2. The van der Waals surface area contributed by atoms with Gasteiger partial charge in [0.2, 0.25) is 0 Å². The number of benzene rings is 1. The number of hydrogen-bond donors (Lipinski definition) is 2. The van der Waals surface area contributed by atoms with Crippen molar-refractivity contribution in [1.29, 1.82) is 0 Å². The molecule has 1 aromatic heterocycles. The molecule has 2 N–H and O–H groups in total. The van der Waals surface area contributed by atoms with Gasteiger partial charge < -0.3 is 10.6 Å². The van der Waals surface area contributed by atoms with Crippen LogP contribution in [0.4, 0.5) is 14.9 Å². The highest BCUT2D eigenvalue weighted by molar-refractivity contribution is 5.90. The zero-order valence-electron chi connectivity index (χ0n) is 14.0. The Kier molecular flexibility index (Phi) is 5.36. The van der Waals surface area contributed by atoms with E-state index in [0.717, 1.165) is 12.1 Å². The number of aromatic nitrogens is 2. The Balaban J connectivity index is 2.16. The first-order chi connectivity index (χ1) is 10.9. The summed E-state index contributed by atoms with van der Waals surface area (Å²) < 4.78 is 15.5. The number of amides is 2. The van der Waals surface area contributed by atoms with Gasteiger partial charge in [-0.2, -0.15) is 5.10 Å². The van der Waals surface area contributed by atoms with Crippen molar-refractivity contribution < 1.29 is 9.18 Å². The highest BCUT2D eigenvalue weighted by atomic mass is 19.1. The number of anilines is 1. The van der Waals surface area contributed by atoms with E-state index in [0.29, 0.717) is 23.5 Å². The van der Waals surface area contributed by atoms with Crippen LogP contribution in [0.15, 0.2) is 24.3 Å². The van der Waals surface area contributed by atoms with Gasteiger partial charge in [-0.3, -0.25) is 4.68 Å². The Bertz CT molecular complexity index is 696. The summed E-state index contributed by atoms with van der Waals surface area (Å²) in [6.45, 7) is 7.96. The van der Waals surface area contributed by atoms with Crippen molar-refractivity contribution >= 4 is 11.7 Å². The summed E-state index contributed by atoms with van der Waals surface area (Å²) in [5.41, 5.74) is 2.74. The van der Waals surface area contributed by atoms with Crippen LogP contribution in [0.3, 0.4) is 0 Å². The molecule has 1 atom stereocenters. The summed E-state index contributed by atoms with van der Waals surface area (Å²) in [6.07, 6.45) is 0.859. The van der Waals surface area contributed by atoms with Crippen LogP contribution in [0.1, 0.15) is 37.2 Å². The van der Waals surface area contributed by atoms with Gasteiger partial charge in [-0.25, -0.2) is 9.18 Å². The van der Waals surface area contributed by atoms with Gasteiger partial charge in [0.1, 0.15) is 5.82 Å². The van der Waals surface area contributed by atoms with Crippen LogP contribution in [-0.2, 0) is 6.54 Å². The normalized spacial score (nSPS) is 12.0. The van der Waals surface area contributed by atoms with Gasteiger partial charge in [0.05, 0.1) is 23.6 Å². The van der Waals surface area contributed by atoms with Crippen molar-refractivity contribution in [2.45, 2.75) is 46.7 Å². The van der Waals surface area contributed by atoms with Crippen molar-refractivity contribution in [2.75, 3.05) is 5.32 Å². The zero-order valence-corrected chi connectivity index (χ0v) is 14.0. The molecule has 0 bridgehead atoms. The van der Waals surface area contributed by atoms with E-state index in [1.165, 1.54) is 6.07 Å². The summed E-state index contributed by atoms with van der Waals surface area (Å²) in [6, 6.07) is 6.46. The first kappa shape index (κ1) is 17.0. The van der Waals surface area contributed by atoms with Gasteiger partial charge in [-0.05, 0) is 33.3 Å². The molecular formula is C17H23FN4O. The lowest BCUT2D eigenvalue weighted by molar-refractivity contribution is 0.249. The number of halogens is 1. The summed E-state index contributed by atoms with van der Waals surface area (Å²) in [4.78, 5) is 12.0. The standard InChI is InChI=1S/C17H23FN4O/c1-5-11(2)19-17(23)20-16-12(3)21-22(13(16)4)10-14-8-6-7-9-15(14)18/h6-9,11H,5,10H2,1-4H3,(H2,19,20,23). The van der Waals surface area contributed by atoms with Crippen molar-refractivity contribution in [3.8, 4) is 0 Å². The first-order valence-corrected chi connectivity index (χ1v) is 7.77. The van der Waals surface area contributed by atoms with Gasteiger partial charge in [0, 0.05) is 11.6 Å². The number of rotatable bonds is 5. The fraction of sp³-hybridized carbons (Fsp3) is 0.412. The predicted octanol–water partition coefficient (Wildman–Crippen LogP) is 3.61. The van der Waals surface area contributed by atoms with Crippen LogP contribution in [0.2, 0.25) is 0 Å². The molecule has 0 saturated heterocycles. The van der Waals surface area contributed by atoms with Gasteiger partial charge in [-0.1, -0.05) is 25.1 Å². The van der Waals surface area contributed by atoms with E-state index in [4.69, 9.17) is 0 Å². The molecule has 0 fully saturated rings. The third kappa shape index (κ3) is 4.09. The van der Waals surface area contributed by atoms with Gasteiger partial charge in [0.25, 0.3) is 0 Å². The van der Waals surface area contributed by atoms with Crippen molar-refractivity contribution in [1.82, 2.24) is 15.1 Å². The lowest BCUT2D eigenvalue weighted by Crippen LogP contribution is -2.35. The third-order valence-corrected chi connectivity index (χ3v) is 3.89. The summed E-state index contributed by atoms with van der Waals surface area (Å²) in [7, 11) is 0. The molecule has 23 heavy (non-hydrogen) atoms. The van der Waals surface area contributed by atoms with Crippen LogP contribution >= 0.6 is 0 Å². The average Bonchev–Trinajstić information content (AvgIpc) is 2.77. The maximum atomic E-state index is 13.8. The van der Waals surface area contributed by atoms with E-state index in [9.17, 15) is 9.18 Å². The second kappa shape index (κ2) is 7.26. The van der Waals surface area contributed by atoms with E-state index in [1.807, 2.05) is 27.7 Å². The third-order valence-electron chi connectivity index (χ3n) is 3.89. The van der Waals surface area contributed by atoms with E-state index in [2.05, 4.69) is 15.7 Å². The molecule has 5 nitrogen and oxygen atoms in total. The topological polar surface area (TPSA) is 59.0 Å². The lowest BCUT2D eigenvalue weighted by atomic mass is 10.2. The van der Waals surface area contributed by atoms with Crippen LogP contribution in [-0.4, -0.2) is 21.9 Å². The molecule has 1 aromatic carbocycles. The summed E-state index contributed by atoms with van der Waals surface area (Å²) in [5, 5.41) is 10.1. The zero-order chi connectivity index (χ0) is 17.0. The number of aryl methyl sites for hydroxylation is 1. The van der Waals surface area contributed by atoms with Crippen LogP contribution in [0.25, 0.3) is 0 Å². The SMILES string of the molecule is CCC(C)NC(=O)Nc1c(C)nn(Cc2ccccc2F)c1C. The number of carbonyl (C=O) groups is 1. The molecule has 2 rings (SSSR count). The second-order valence-electron chi connectivity index (χ2n) is 5.70. The molecule has 0 aliphatic rings. The van der Waals surface area contributed by atoms with Gasteiger partial charge >= 0.3 is 6.03 Å². The minimum Gasteiger partial charge on any atom is -0.335 e. The molecule has 1 unspecified atom stereocenters. The first-order valence-electron chi connectivity index (χ1n) is 7.77. The van der Waals surface area contributed by atoms with Crippen molar-refractivity contribution in [3.05, 3.63) is 47.0 Å². The van der Waals surface area contributed by atoms with Crippen molar-refractivity contribution in [3.63, 3.8) is 0 Å². The maximum Gasteiger partial charge on any atom is 0.319 e. The molecule has 0 aliphatic heterocycles. The molecule has 6 heteroatoms. The van der Waals surface area contributed by atoms with Crippen LogP contribution in [0.5, 0.6) is 0 Å². The molecule has 1 heterocycles. The number of urea groups is 1. The largest absolute Gasteiger partial charge is 0.335 e. The Morgan fingerprint density at radius 1 is 1.35 bits per heavy atom. The fourth-order valence-corrected chi connectivity index (χ4v) is 2.30. The molecule has 0 saturated carbocycles. The Morgan fingerprint density at radius 2 is 2.04 bits per heavy atom. The van der Waals surface area contributed by atoms with Gasteiger partial charge in [0.15, 0.2) is 0 Å².